The zero-order chi connectivity index (χ0) is 12.2. The number of rotatable bonds is 1. The van der Waals surface area contributed by atoms with Crippen LogP contribution in [-0.2, 0) is 4.79 Å². The van der Waals surface area contributed by atoms with Crippen LogP contribution in [0.4, 0.5) is 0 Å². The van der Waals surface area contributed by atoms with Gasteiger partial charge in [0.2, 0.25) is 0 Å². The molecule has 0 N–H and O–H groups in total. The first-order valence-corrected chi connectivity index (χ1v) is 5.80. The normalized spacial score (nSPS) is 21.9. The fraction of sp³-hybridized carbons (Fsp3) is 0.286. The van der Waals surface area contributed by atoms with Gasteiger partial charge in [0.1, 0.15) is 6.04 Å². The molecule has 0 aromatic heterocycles. The van der Waals surface area contributed by atoms with E-state index in [2.05, 4.69) is 0 Å². The van der Waals surface area contributed by atoms with Crippen LogP contribution in [-0.4, -0.2) is 22.6 Å². The second-order valence-electron chi connectivity index (χ2n) is 4.84. The highest BCUT2D eigenvalue weighted by Crippen LogP contribution is 2.39. The Labute approximate surface area is 99.7 Å². The minimum absolute atomic E-state index is 0.0397. The molecule has 1 unspecified atom stereocenters. The molecule has 0 aliphatic carbocycles. The molecule has 3 rings (SSSR count). The Kier molecular flexibility index (Phi) is 1.99. The van der Waals surface area contributed by atoms with E-state index in [1.54, 1.807) is 11.0 Å². The van der Waals surface area contributed by atoms with Gasteiger partial charge in [-0.1, -0.05) is 32.0 Å². The summed E-state index contributed by atoms with van der Waals surface area (Å²) in [6.45, 7) is 3.94. The average molecular weight is 227 g/mol. The Morgan fingerprint density at radius 2 is 1.76 bits per heavy atom. The third-order valence-electron chi connectivity index (χ3n) is 3.39. The summed E-state index contributed by atoms with van der Waals surface area (Å²) in [4.78, 5) is 25.8. The van der Waals surface area contributed by atoms with Crippen molar-refractivity contribution < 1.29 is 9.59 Å². The maximum absolute atomic E-state index is 12.3. The molecule has 0 spiro atoms. The van der Waals surface area contributed by atoms with Gasteiger partial charge in [-0.05, 0) is 12.0 Å². The van der Waals surface area contributed by atoms with Crippen molar-refractivity contribution in [2.75, 3.05) is 0 Å². The number of carbonyl (C=O) groups is 2. The largest absolute Gasteiger partial charge is 0.296 e. The van der Waals surface area contributed by atoms with Crippen LogP contribution in [0.1, 0.15) is 29.8 Å². The summed E-state index contributed by atoms with van der Waals surface area (Å²) < 4.78 is 0. The minimum Gasteiger partial charge on any atom is -0.296 e. The molecule has 1 aromatic carbocycles. The Bertz CT molecular complexity index is 557. The molecule has 17 heavy (non-hydrogen) atoms. The fourth-order valence-electron chi connectivity index (χ4n) is 2.66. The summed E-state index contributed by atoms with van der Waals surface area (Å²) in [7, 11) is 0. The molecule has 2 aliphatic heterocycles. The molecule has 0 fully saturated rings. The lowest BCUT2D eigenvalue weighted by molar-refractivity contribution is -0.118. The minimum atomic E-state index is -0.329. The lowest BCUT2D eigenvalue weighted by atomic mass is 10.00. The molecule has 3 nitrogen and oxygen atoms in total. The van der Waals surface area contributed by atoms with E-state index in [1.807, 2.05) is 38.1 Å². The lowest BCUT2D eigenvalue weighted by Gasteiger charge is -2.24. The van der Waals surface area contributed by atoms with Gasteiger partial charge in [0.05, 0.1) is 5.70 Å². The first-order chi connectivity index (χ1) is 8.11. The van der Waals surface area contributed by atoms with E-state index in [9.17, 15) is 9.59 Å². The second-order valence-corrected chi connectivity index (χ2v) is 4.84. The van der Waals surface area contributed by atoms with Crippen LogP contribution in [0.25, 0.3) is 5.70 Å². The van der Waals surface area contributed by atoms with E-state index in [1.165, 1.54) is 0 Å². The number of benzene rings is 1. The van der Waals surface area contributed by atoms with Crippen molar-refractivity contribution in [3.8, 4) is 0 Å². The van der Waals surface area contributed by atoms with E-state index in [0.717, 1.165) is 11.3 Å². The monoisotopic (exact) mass is 227 g/mol. The summed E-state index contributed by atoms with van der Waals surface area (Å²) >= 11 is 0. The molecule has 0 bridgehead atoms. The topological polar surface area (TPSA) is 37.4 Å². The summed E-state index contributed by atoms with van der Waals surface area (Å²) in [6.07, 6.45) is 1.61. The van der Waals surface area contributed by atoms with Gasteiger partial charge in [-0.15, -0.1) is 0 Å². The molecule has 0 saturated heterocycles. The Balaban J connectivity index is 2.17. The predicted molar refractivity (Wildman–Crippen MR) is 64.2 cm³/mol. The quantitative estimate of drug-likeness (QED) is 0.736. The third kappa shape index (κ3) is 1.22. The smallest absolute Gasteiger partial charge is 0.259 e. The Hall–Kier alpha value is -1.90. The van der Waals surface area contributed by atoms with Crippen molar-refractivity contribution in [3.63, 3.8) is 0 Å². The van der Waals surface area contributed by atoms with Crippen molar-refractivity contribution >= 4 is 17.4 Å². The number of hydrogen-bond donors (Lipinski definition) is 0. The molecule has 2 heterocycles. The van der Waals surface area contributed by atoms with Crippen LogP contribution < -0.4 is 0 Å². The van der Waals surface area contributed by atoms with Crippen molar-refractivity contribution in [3.05, 3.63) is 41.5 Å². The standard InChI is InChI=1S/C14H13NO2/c1-8(2)13-12(16)7-11-9-5-3-4-6-10(9)14(17)15(11)13/h3-8,13H,1-2H3. The molecular formula is C14H13NO2. The molecule has 1 amide bonds. The predicted octanol–water partition coefficient (Wildman–Crippen LogP) is 2.09. The van der Waals surface area contributed by atoms with Crippen molar-refractivity contribution in [1.82, 2.24) is 4.90 Å². The van der Waals surface area contributed by atoms with Crippen LogP contribution in [0.3, 0.4) is 0 Å². The van der Waals surface area contributed by atoms with Gasteiger partial charge in [0.25, 0.3) is 5.91 Å². The van der Waals surface area contributed by atoms with Crippen LogP contribution in [0.5, 0.6) is 0 Å². The molecule has 1 atom stereocenters. The molecule has 0 saturated carbocycles. The van der Waals surface area contributed by atoms with Gasteiger partial charge in [-0.3, -0.25) is 14.5 Å². The van der Waals surface area contributed by atoms with Gasteiger partial charge in [-0.2, -0.15) is 0 Å². The fourth-order valence-corrected chi connectivity index (χ4v) is 2.66. The van der Waals surface area contributed by atoms with E-state index >= 15 is 0 Å². The number of ketones is 1. The number of hydrogen-bond acceptors (Lipinski definition) is 2. The Morgan fingerprint density at radius 1 is 1.12 bits per heavy atom. The second kappa shape index (κ2) is 3.29. The van der Waals surface area contributed by atoms with Crippen LogP contribution in [0.15, 0.2) is 30.3 Å². The number of nitrogens with zero attached hydrogens (tertiary/aromatic N) is 1. The summed E-state index contributed by atoms with van der Waals surface area (Å²) in [5.41, 5.74) is 2.36. The molecule has 0 radical (unpaired) electrons. The molecule has 86 valence electrons. The van der Waals surface area contributed by atoms with Gasteiger partial charge in [-0.25, -0.2) is 0 Å². The van der Waals surface area contributed by atoms with Gasteiger partial charge < -0.3 is 0 Å². The number of carbonyl (C=O) groups excluding carboxylic acids is 2. The third-order valence-corrected chi connectivity index (χ3v) is 3.39. The highest BCUT2D eigenvalue weighted by Gasteiger charge is 2.45. The van der Waals surface area contributed by atoms with E-state index < -0.39 is 0 Å². The average Bonchev–Trinajstić information content (AvgIpc) is 2.76. The summed E-state index contributed by atoms with van der Waals surface area (Å²) in [5.74, 6) is 0.128. The molecular weight excluding hydrogens is 214 g/mol. The highest BCUT2D eigenvalue weighted by molar-refractivity contribution is 6.19. The van der Waals surface area contributed by atoms with Crippen molar-refractivity contribution in [1.29, 1.82) is 0 Å². The maximum Gasteiger partial charge on any atom is 0.259 e. The number of fused-ring (bicyclic) bond motifs is 3. The van der Waals surface area contributed by atoms with Crippen molar-refractivity contribution in [2.24, 2.45) is 5.92 Å². The van der Waals surface area contributed by atoms with Gasteiger partial charge in [0, 0.05) is 17.2 Å². The van der Waals surface area contributed by atoms with E-state index in [0.29, 0.717) is 5.56 Å². The van der Waals surface area contributed by atoms with Crippen LogP contribution >= 0.6 is 0 Å². The molecule has 3 heteroatoms. The summed E-state index contributed by atoms with van der Waals surface area (Å²) in [5, 5.41) is 0. The van der Waals surface area contributed by atoms with Crippen LogP contribution in [0.2, 0.25) is 0 Å². The first kappa shape index (κ1) is 10.3. The zero-order valence-corrected chi connectivity index (χ0v) is 9.81. The maximum atomic E-state index is 12.3. The Morgan fingerprint density at radius 3 is 2.41 bits per heavy atom. The first-order valence-electron chi connectivity index (χ1n) is 5.80. The van der Waals surface area contributed by atoms with E-state index in [4.69, 9.17) is 0 Å². The van der Waals surface area contributed by atoms with Gasteiger partial charge >= 0.3 is 0 Å². The SMILES string of the molecule is CC(C)C1C(=O)C=C2c3ccccc3C(=O)N21. The highest BCUT2D eigenvalue weighted by atomic mass is 16.2. The van der Waals surface area contributed by atoms with E-state index in [-0.39, 0.29) is 23.7 Å². The molecule has 2 aliphatic rings. The van der Waals surface area contributed by atoms with Crippen LogP contribution in [0, 0.1) is 5.92 Å². The van der Waals surface area contributed by atoms with Gasteiger partial charge in [0.15, 0.2) is 5.78 Å². The number of amides is 1. The molecule has 1 aromatic rings. The van der Waals surface area contributed by atoms with Crippen molar-refractivity contribution in [2.45, 2.75) is 19.9 Å². The zero-order valence-electron chi connectivity index (χ0n) is 9.81. The lowest BCUT2D eigenvalue weighted by Crippen LogP contribution is -2.39. The summed E-state index contributed by atoms with van der Waals surface area (Å²) in [6, 6.07) is 7.13.